The van der Waals surface area contributed by atoms with E-state index < -0.39 is 0 Å². The predicted molar refractivity (Wildman–Crippen MR) is 90.4 cm³/mol. The first-order valence-corrected chi connectivity index (χ1v) is 8.35. The molecular weight excluding hydrogens is 364 g/mol. The zero-order chi connectivity index (χ0) is 15.4. The van der Waals surface area contributed by atoms with E-state index >= 15 is 0 Å². The fourth-order valence-electron chi connectivity index (χ4n) is 1.95. The number of hydrogen-bond acceptors (Lipinski definition) is 4. The Kier molecular flexibility index (Phi) is 4.70. The van der Waals surface area contributed by atoms with Gasteiger partial charge in [-0.3, -0.25) is 4.79 Å². The molecule has 1 aromatic carbocycles. The molecule has 0 saturated carbocycles. The van der Waals surface area contributed by atoms with Crippen molar-refractivity contribution >= 4 is 27.3 Å². The van der Waals surface area contributed by atoms with Crippen LogP contribution in [0.5, 0.6) is 5.75 Å². The largest absolute Gasteiger partial charge is 0.486 e. The number of pyridine rings is 1. The number of aromatic nitrogens is 2. The van der Waals surface area contributed by atoms with Crippen LogP contribution in [0.1, 0.15) is 10.7 Å². The van der Waals surface area contributed by atoms with E-state index in [2.05, 4.69) is 20.9 Å². The van der Waals surface area contributed by atoms with Crippen LogP contribution in [0.2, 0.25) is 0 Å². The average Bonchev–Trinajstić information content (AvgIpc) is 2.98. The van der Waals surface area contributed by atoms with Crippen LogP contribution in [-0.2, 0) is 13.2 Å². The lowest BCUT2D eigenvalue weighted by molar-refractivity contribution is 0.305. The summed E-state index contributed by atoms with van der Waals surface area (Å²) in [6.07, 6.45) is 1.77. The van der Waals surface area contributed by atoms with Crippen LogP contribution >= 0.6 is 27.3 Å². The summed E-state index contributed by atoms with van der Waals surface area (Å²) in [4.78, 5) is 16.3. The van der Waals surface area contributed by atoms with Crippen molar-refractivity contribution in [3.8, 4) is 5.75 Å². The Morgan fingerprint density at radius 1 is 1.18 bits per heavy atom. The highest BCUT2D eigenvalue weighted by atomic mass is 79.9. The zero-order valence-electron chi connectivity index (χ0n) is 11.6. The molecular formula is C16H13BrN2O2S. The Hall–Kier alpha value is -1.92. The molecule has 0 unspecified atom stereocenters. The molecule has 3 aromatic rings. The van der Waals surface area contributed by atoms with Crippen molar-refractivity contribution < 1.29 is 4.74 Å². The Morgan fingerprint density at radius 2 is 2.00 bits per heavy atom. The monoisotopic (exact) mass is 376 g/mol. The molecule has 0 aliphatic heterocycles. The van der Waals surface area contributed by atoms with Crippen LogP contribution < -0.4 is 10.3 Å². The molecule has 2 aromatic heterocycles. The Bertz CT molecular complexity index is 814. The van der Waals surface area contributed by atoms with E-state index in [1.54, 1.807) is 16.8 Å². The summed E-state index contributed by atoms with van der Waals surface area (Å²) in [5, 5.41) is 2.85. The molecule has 0 radical (unpaired) electrons. The minimum absolute atomic E-state index is 0.0433. The normalized spacial score (nSPS) is 10.6. The van der Waals surface area contributed by atoms with Crippen molar-refractivity contribution in [3.63, 3.8) is 0 Å². The van der Waals surface area contributed by atoms with Crippen LogP contribution in [0.3, 0.4) is 0 Å². The first kappa shape index (κ1) is 15.0. The quantitative estimate of drug-likeness (QED) is 0.681. The predicted octanol–water partition coefficient (Wildman–Crippen LogP) is 3.69. The van der Waals surface area contributed by atoms with E-state index in [-0.39, 0.29) is 5.56 Å². The maximum atomic E-state index is 11.8. The van der Waals surface area contributed by atoms with Crippen molar-refractivity contribution in [3.05, 3.63) is 79.6 Å². The van der Waals surface area contributed by atoms with Gasteiger partial charge in [-0.2, -0.15) is 0 Å². The number of hydrogen-bond donors (Lipinski definition) is 0. The first-order chi connectivity index (χ1) is 10.7. The molecule has 0 spiro atoms. The fraction of sp³-hybridized carbons (Fsp3) is 0.125. The molecule has 3 rings (SSSR count). The van der Waals surface area contributed by atoms with E-state index in [0.717, 1.165) is 20.9 Å². The second-order valence-corrected chi connectivity index (χ2v) is 6.51. The van der Waals surface area contributed by atoms with Gasteiger partial charge in [0.2, 0.25) is 0 Å². The third kappa shape index (κ3) is 3.84. The van der Waals surface area contributed by atoms with Gasteiger partial charge < -0.3 is 9.30 Å². The van der Waals surface area contributed by atoms with Crippen molar-refractivity contribution in [1.82, 2.24) is 9.55 Å². The summed E-state index contributed by atoms with van der Waals surface area (Å²) in [7, 11) is 0. The zero-order valence-corrected chi connectivity index (χ0v) is 14.0. The topological polar surface area (TPSA) is 44.1 Å². The molecule has 4 nitrogen and oxygen atoms in total. The number of ether oxygens (including phenoxy) is 1. The molecule has 112 valence electrons. The van der Waals surface area contributed by atoms with Gasteiger partial charge in [0.05, 0.1) is 12.2 Å². The summed E-state index contributed by atoms with van der Waals surface area (Å²) < 4.78 is 8.17. The second kappa shape index (κ2) is 6.89. The molecule has 0 N–H and O–H groups in total. The van der Waals surface area contributed by atoms with Crippen LogP contribution in [0.25, 0.3) is 0 Å². The lowest BCUT2D eigenvalue weighted by Crippen LogP contribution is -2.18. The molecule has 0 amide bonds. The highest BCUT2D eigenvalue weighted by Crippen LogP contribution is 2.15. The lowest BCUT2D eigenvalue weighted by atomic mass is 10.3. The minimum Gasteiger partial charge on any atom is -0.486 e. The van der Waals surface area contributed by atoms with Crippen LogP contribution in [0.15, 0.2) is 63.3 Å². The fourth-order valence-corrected chi connectivity index (χ4v) is 3.03. The third-order valence-corrected chi connectivity index (χ3v) is 4.32. The number of thiazole rings is 1. The molecule has 0 atom stereocenters. The van der Waals surface area contributed by atoms with E-state index in [1.807, 2.05) is 35.7 Å². The summed E-state index contributed by atoms with van der Waals surface area (Å²) in [5.41, 5.74) is 0.815. The Labute approximate surface area is 140 Å². The number of halogens is 1. The third-order valence-electron chi connectivity index (χ3n) is 2.98. The highest BCUT2D eigenvalue weighted by molar-refractivity contribution is 9.10. The van der Waals surface area contributed by atoms with Crippen LogP contribution in [0.4, 0.5) is 0 Å². The summed E-state index contributed by atoms with van der Waals surface area (Å²) >= 11 is 4.90. The van der Waals surface area contributed by atoms with Gasteiger partial charge >= 0.3 is 0 Å². The Balaban J connectivity index is 1.66. The van der Waals surface area contributed by atoms with Crippen molar-refractivity contribution in [1.29, 1.82) is 0 Å². The van der Waals surface area contributed by atoms with Crippen molar-refractivity contribution in [2.75, 3.05) is 0 Å². The van der Waals surface area contributed by atoms with Gasteiger partial charge in [-0.25, -0.2) is 4.98 Å². The molecule has 22 heavy (non-hydrogen) atoms. The van der Waals surface area contributed by atoms with Crippen molar-refractivity contribution in [2.45, 2.75) is 13.2 Å². The van der Waals surface area contributed by atoms with Gasteiger partial charge in [-0.05, 0) is 34.1 Å². The number of rotatable bonds is 5. The van der Waals surface area contributed by atoms with E-state index in [0.29, 0.717) is 13.2 Å². The summed E-state index contributed by atoms with van der Waals surface area (Å²) in [5.74, 6) is 0.822. The molecule has 0 bridgehead atoms. The van der Waals surface area contributed by atoms with Gasteiger partial charge in [0, 0.05) is 22.1 Å². The summed E-state index contributed by atoms with van der Waals surface area (Å²) in [6, 6.07) is 12.9. The molecule has 0 fully saturated rings. The molecule has 2 heterocycles. The second-order valence-electron chi connectivity index (χ2n) is 4.65. The van der Waals surface area contributed by atoms with E-state index in [1.165, 1.54) is 17.4 Å². The number of para-hydroxylation sites is 1. The van der Waals surface area contributed by atoms with E-state index in [4.69, 9.17) is 4.74 Å². The SMILES string of the molecule is O=c1ccc(Br)cn1Cc1csc(COc2ccccc2)n1. The smallest absolute Gasteiger partial charge is 0.250 e. The molecule has 0 saturated heterocycles. The maximum Gasteiger partial charge on any atom is 0.250 e. The maximum absolute atomic E-state index is 11.8. The molecule has 0 aliphatic rings. The van der Waals surface area contributed by atoms with Crippen LogP contribution in [-0.4, -0.2) is 9.55 Å². The van der Waals surface area contributed by atoms with E-state index in [9.17, 15) is 4.79 Å². The molecule has 0 aliphatic carbocycles. The molecule has 6 heteroatoms. The first-order valence-electron chi connectivity index (χ1n) is 6.68. The van der Waals surface area contributed by atoms with Gasteiger partial charge in [-0.1, -0.05) is 18.2 Å². The van der Waals surface area contributed by atoms with Crippen molar-refractivity contribution in [2.24, 2.45) is 0 Å². The van der Waals surface area contributed by atoms with Gasteiger partial charge in [0.25, 0.3) is 5.56 Å². The number of benzene rings is 1. The Morgan fingerprint density at radius 3 is 2.82 bits per heavy atom. The van der Waals surface area contributed by atoms with Gasteiger partial charge in [0.15, 0.2) is 0 Å². The lowest BCUT2D eigenvalue weighted by Gasteiger charge is -2.04. The summed E-state index contributed by atoms with van der Waals surface area (Å²) in [6.45, 7) is 0.891. The van der Waals surface area contributed by atoms with Crippen LogP contribution in [0, 0.1) is 0 Å². The minimum atomic E-state index is -0.0433. The van der Waals surface area contributed by atoms with Gasteiger partial charge in [0.1, 0.15) is 17.4 Å². The number of nitrogens with zero attached hydrogens (tertiary/aromatic N) is 2. The average molecular weight is 377 g/mol. The van der Waals surface area contributed by atoms with Gasteiger partial charge in [-0.15, -0.1) is 11.3 Å². The highest BCUT2D eigenvalue weighted by Gasteiger charge is 2.05. The standard InChI is InChI=1S/C16H13BrN2O2S/c17-12-6-7-16(20)19(8-12)9-13-11-22-15(18-13)10-21-14-4-2-1-3-5-14/h1-8,11H,9-10H2.